The molecule has 1 fully saturated rings. The fourth-order valence-corrected chi connectivity index (χ4v) is 3.06. The Hall–Kier alpha value is -0.770. The number of ether oxygens (including phenoxy) is 1. The minimum Gasteiger partial charge on any atom is -0.493 e. The normalized spacial score (nSPS) is 23.8. The standard InChI is InChI=1S/C14H19ClN2O/c1-10-8-16-3-4-17(10)9-12-7-13(15)6-11-2-5-18-14(11)12/h6-7,10,16H,2-5,8-9H2,1H3. The predicted octanol–water partition coefficient (Wildman–Crippen LogP) is 2.07. The van der Waals surface area contributed by atoms with Crippen LogP contribution in [-0.2, 0) is 13.0 Å². The van der Waals surface area contributed by atoms with E-state index in [9.17, 15) is 0 Å². The zero-order valence-electron chi connectivity index (χ0n) is 10.7. The smallest absolute Gasteiger partial charge is 0.127 e. The lowest BCUT2D eigenvalue weighted by Crippen LogP contribution is -2.49. The molecule has 0 aliphatic carbocycles. The van der Waals surface area contributed by atoms with Gasteiger partial charge in [-0.3, -0.25) is 4.90 Å². The molecule has 4 heteroatoms. The van der Waals surface area contributed by atoms with E-state index in [0.717, 1.165) is 50.0 Å². The summed E-state index contributed by atoms with van der Waals surface area (Å²) in [5.74, 6) is 1.07. The highest BCUT2D eigenvalue weighted by Gasteiger charge is 2.22. The predicted molar refractivity (Wildman–Crippen MR) is 73.4 cm³/mol. The number of fused-ring (bicyclic) bond motifs is 1. The topological polar surface area (TPSA) is 24.5 Å². The first kappa shape index (κ1) is 12.3. The van der Waals surface area contributed by atoms with Crippen LogP contribution < -0.4 is 10.1 Å². The van der Waals surface area contributed by atoms with Crippen LogP contribution in [0.2, 0.25) is 5.02 Å². The minimum atomic E-state index is 0.565. The molecule has 0 radical (unpaired) electrons. The second-order valence-electron chi connectivity index (χ2n) is 5.18. The lowest BCUT2D eigenvalue weighted by Gasteiger charge is -2.34. The Morgan fingerprint density at radius 3 is 3.22 bits per heavy atom. The van der Waals surface area contributed by atoms with Gasteiger partial charge < -0.3 is 10.1 Å². The number of piperazine rings is 1. The van der Waals surface area contributed by atoms with E-state index < -0.39 is 0 Å². The highest BCUT2D eigenvalue weighted by molar-refractivity contribution is 6.30. The van der Waals surface area contributed by atoms with Gasteiger partial charge in [-0.15, -0.1) is 0 Å². The van der Waals surface area contributed by atoms with Crippen LogP contribution >= 0.6 is 11.6 Å². The van der Waals surface area contributed by atoms with Crippen LogP contribution in [0.3, 0.4) is 0 Å². The third kappa shape index (κ3) is 2.35. The van der Waals surface area contributed by atoms with Crippen LogP contribution in [0.15, 0.2) is 12.1 Å². The van der Waals surface area contributed by atoms with Crippen molar-refractivity contribution in [3.63, 3.8) is 0 Å². The molecule has 2 heterocycles. The van der Waals surface area contributed by atoms with Gasteiger partial charge in [-0.25, -0.2) is 0 Å². The fraction of sp³-hybridized carbons (Fsp3) is 0.571. The molecule has 98 valence electrons. The summed E-state index contributed by atoms with van der Waals surface area (Å²) in [4.78, 5) is 2.49. The van der Waals surface area contributed by atoms with E-state index in [1.165, 1.54) is 11.1 Å². The molecule has 1 saturated heterocycles. The van der Waals surface area contributed by atoms with Gasteiger partial charge in [0.25, 0.3) is 0 Å². The highest BCUT2D eigenvalue weighted by atomic mass is 35.5. The largest absolute Gasteiger partial charge is 0.493 e. The highest BCUT2D eigenvalue weighted by Crippen LogP contribution is 2.33. The number of nitrogens with zero attached hydrogens (tertiary/aromatic N) is 1. The minimum absolute atomic E-state index is 0.565. The summed E-state index contributed by atoms with van der Waals surface area (Å²) in [5, 5.41) is 4.25. The molecule has 2 aliphatic heterocycles. The van der Waals surface area contributed by atoms with Gasteiger partial charge in [-0.1, -0.05) is 11.6 Å². The van der Waals surface area contributed by atoms with Crippen LogP contribution in [-0.4, -0.2) is 37.2 Å². The molecule has 1 atom stereocenters. The van der Waals surface area contributed by atoms with Crippen LogP contribution in [0, 0.1) is 0 Å². The van der Waals surface area contributed by atoms with Crippen molar-refractivity contribution >= 4 is 11.6 Å². The molecule has 1 unspecified atom stereocenters. The van der Waals surface area contributed by atoms with Crippen molar-refractivity contribution in [1.29, 1.82) is 0 Å². The van der Waals surface area contributed by atoms with Crippen molar-refractivity contribution in [2.45, 2.75) is 25.9 Å². The molecule has 3 rings (SSSR count). The number of benzene rings is 1. The Morgan fingerprint density at radius 1 is 1.50 bits per heavy atom. The Morgan fingerprint density at radius 2 is 2.39 bits per heavy atom. The molecule has 1 aromatic carbocycles. The van der Waals surface area contributed by atoms with Crippen LogP contribution in [0.5, 0.6) is 5.75 Å². The lowest BCUT2D eigenvalue weighted by atomic mass is 10.1. The summed E-state index contributed by atoms with van der Waals surface area (Å²) >= 11 is 6.20. The van der Waals surface area contributed by atoms with E-state index in [-0.39, 0.29) is 0 Å². The summed E-state index contributed by atoms with van der Waals surface area (Å²) in [6, 6.07) is 4.66. The summed E-state index contributed by atoms with van der Waals surface area (Å²) in [6.45, 7) is 7.20. The molecule has 0 bridgehead atoms. The Balaban J connectivity index is 1.84. The fourth-order valence-electron chi connectivity index (χ4n) is 2.80. The molecule has 0 spiro atoms. The zero-order chi connectivity index (χ0) is 12.5. The second kappa shape index (κ2) is 5.08. The third-order valence-corrected chi connectivity index (χ3v) is 4.06. The molecule has 0 aromatic heterocycles. The molecule has 1 aromatic rings. The molecule has 0 saturated carbocycles. The lowest BCUT2D eigenvalue weighted by molar-refractivity contribution is 0.164. The van der Waals surface area contributed by atoms with Gasteiger partial charge in [-0.05, 0) is 24.6 Å². The number of rotatable bonds is 2. The van der Waals surface area contributed by atoms with Crippen molar-refractivity contribution in [1.82, 2.24) is 10.2 Å². The van der Waals surface area contributed by atoms with E-state index in [4.69, 9.17) is 16.3 Å². The monoisotopic (exact) mass is 266 g/mol. The molecule has 1 N–H and O–H groups in total. The van der Waals surface area contributed by atoms with E-state index in [1.807, 2.05) is 6.07 Å². The third-order valence-electron chi connectivity index (χ3n) is 3.84. The van der Waals surface area contributed by atoms with Crippen LogP contribution in [0.25, 0.3) is 0 Å². The maximum atomic E-state index is 6.20. The van der Waals surface area contributed by atoms with Gasteiger partial charge in [0.15, 0.2) is 0 Å². The maximum Gasteiger partial charge on any atom is 0.127 e. The van der Waals surface area contributed by atoms with E-state index >= 15 is 0 Å². The second-order valence-corrected chi connectivity index (χ2v) is 5.61. The first-order chi connectivity index (χ1) is 8.74. The number of hydrogen-bond acceptors (Lipinski definition) is 3. The van der Waals surface area contributed by atoms with E-state index in [0.29, 0.717) is 6.04 Å². The average molecular weight is 267 g/mol. The van der Waals surface area contributed by atoms with E-state index in [1.54, 1.807) is 0 Å². The number of hydrogen-bond donors (Lipinski definition) is 1. The summed E-state index contributed by atoms with van der Waals surface area (Å²) < 4.78 is 5.76. The van der Waals surface area contributed by atoms with Crippen molar-refractivity contribution in [2.75, 3.05) is 26.2 Å². The first-order valence-corrected chi connectivity index (χ1v) is 7.00. The maximum absolute atomic E-state index is 6.20. The molecule has 2 aliphatic rings. The van der Waals surface area contributed by atoms with Gasteiger partial charge in [0.1, 0.15) is 5.75 Å². The number of halogens is 1. The van der Waals surface area contributed by atoms with Crippen LogP contribution in [0.4, 0.5) is 0 Å². The average Bonchev–Trinajstić information content (AvgIpc) is 2.80. The molecular weight excluding hydrogens is 248 g/mol. The van der Waals surface area contributed by atoms with Crippen molar-refractivity contribution in [3.8, 4) is 5.75 Å². The summed E-state index contributed by atoms with van der Waals surface area (Å²) in [7, 11) is 0. The zero-order valence-corrected chi connectivity index (χ0v) is 11.5. The van der Waals surface area contributed by atoms with Crippen molar-refractivity contribution < 1.29 is 4.74 Å². The SMILES string of the molecule is CC1CNCCN1Cc1cc(Cl)cc2c1OCC2. The Labute approximate surface area is 113 Å². The molecule has 3 nitrogen and oxygen atoms in total. The first-order valence-electron chi connectivity index (χ1n) is 6.63. The molecular formula is C14H19ClN2O. The van der Waals surface area contributed by atoms with E-state index in [2.05, 4.69) is 23.2 Å². The quantitative estimate of drug-likeness (QED) is 0.887. The van der Waals surface area contributed by atoms with Gasteiger partial charge in [0.05, 0.1) is 6.61 Å². The van der Waals surface area contributed by atoms with Gasteiger partial charge in [0.2, 0.25) is 0 Å². The number of nitrogens with one attached hydrogen (secondary N) is 1. The van der Waals surface area contributed by atoms with Gasteiger partial charge in [-0.2, -0.15) is 0 Å². The summed E-state index contributed by atoms with van der Waals surface area (Å²) in [6.07, 6.45) is 0.986. The van der Waals surface area contributed by atoms with Crippen molar-refractivity contribution in [2.24, 2.45) is 0 Å². The Bertz CT molecular complexity index is 450. The van der Waals surface area contributed by atoms with Gasteiger partial charge in [0, 0.05) is 49.2 Å². The molecule has 0 amide bonds. The van der Waals surface area contributed by atoms with Crippen molar-refractivity contribution in [3.05, 3.63) is 28.3 Å². The Kier molecular flexibility index (Phi) is 3.46. The van der Waals surface area contributed by atoms with Gasteiger partial charge >= 0.3 is 0 Å². The molecule has 18 heavy (non-hydrogen) atoms. The summed E-state index contributed by atoms with van der Waals surface area (Å²) in [5.41, 5.74) is 2.50. The van der Waals surface area contributed by atoms with Crippen LogP contribution in [0.1, 0.15) is 18.1 Å².